The van der Waals surface area contributed by atoms with Crippen molar-refractivity contribution in [2.75, 3.05) is 5.32 Å². The minimum Gasteiger partial charge on any atom is -0.508 e. The number of para-hydroxylation sites is 1. The van der Waals surface area contributed by atoms with E-state index in [4.69, 9.17) is 0 Å². The number of phenols is 1. The third-order valence-electron chi connectivity index (χ3n) is 3.29. The fourth-order valence-electron chi connectivity index (χ4n) is 2.06. The average molecular weight is 340 g/mol. The normalized spacial score (nSPS) is 12.4. The van der Waals surface area contributed by atoms with Crippen molar-refractivity contribution in [3.63, 3.8) is 0 Å². The lowest BCUT2D eigenvalue weighted by Gasteiger charge is -2.10. The van der Waals surface area contributed by atoms with Crippen molar-refractivity contribution < 1.29 is 9.90 Å². The molecular weight excluding hydrogens is 324 g/mol. The number of aromatic nitrogens is 1. The number of benzene rings is 2. The maximum absolute atomic E-state index is 12.1. The number of thiazole rings is 1. The molecular formula is C17H16N4O2S. The van der Waals surface area contributed by atoms with E-state index >= 15 is 0 Å². The van der Waals surface area contributed by atoms with Crippen LogP contribution in [0, 0.1) is 0 Å². The molecule has 0 aliphatic carbocycles. The van der Waals surface area contributed by atoms with Crippen LogP contribution in [0.4, 0.5) is 5.13 Å². The summed E-state index contributed by atoms with van der Waals surface area (Å²) >= 11 is 1.50. The number of carbonyl (C=O) groups excluding carboxylic acids is 1. The number of hydrogen-bond acceptors (Lipinski definition) is 6. The third-order valence-corrected chi connectivity index (χ3v) is 4.25. The number of nitrogens with one attached hydrogen (secondary N) is 2. The first-order valence-corrected chi connectivity index (χ1v) is 8.17. The SMILES string of the molecule is C[C@H](Nc1nc2ccccc2s1)C(=O)N/N=C\c1cccc(O)c1. The van der Waals surface area contributed by atoms with E-state index in [1.54, 1.807) is 31.2 Å². The maximum Gasteiger partial charge on any atom is 0.262 e. The van der Waals surface area contributed by atoms with Crippen molar-refractivity contribution in [3.8, 4) is 5.75 Å². The zero-order chi connectivity index (χ0) is 16.9. The Morgan fingerprint density at radius 2 is 2.12 bits per heavy atom. The van der Waals surface area contributed by atoms with Gasteiger partial charge in [0.2, 0.25) is 0 Å². The Hall–Kier alpha value is -2.93. The highest BCUT2D eigenvalue weighted by molar-refractivity contribution is 7.22. The van der Waals surface area contributed by atoms with Gasteiger partial charge in [0.25, 0.3) is 5.91 Å². The van der Waals surface area contributed by atoms with Crippen LogP contribution in [-0.2, 0) is 4.79 Å². The highest BCUT2D eigenvalue weighted by Crippen LogP contribution is 2.25. The second-order valence-electron chi connectivity index (χ2n) is 5.18. The summed E-state index contributed by atoms with van der Waals surface area (Å²) in [6.07, 6.45) is 1.47. The first-order valence-electron chi connectivity index (χ1n) is 7.36. The third kappa shape index (κ3) is 3.88. The van der Waals surface area contributed by atoms with Gasteiger partial charge in [0.15, 0.2) is 5.13 Å². The number of rotatable bonds is 5. The Balaban J connectivity index is 1.58. The van der Waals surface area contributed by atoms with E-state index in [9.17, 15) is 9.90 Å². The molecule has 0 aliphatic rings. The van der Waals surface area contributed by atoms with Gasteiger partial charge in [-0.3, -0.25) is 4.79 Å². The van der Waals surface area contributed by atoms with Crippen LogP contribution in [0.25, 0.3) is 10.2 Å². The van der Waals surface area contributed by atoms with Gasteiger partial charge >= 0.3 is 0 Å². The Kier molecular flexibility index (Phi) is 4.72. The summed E-state index contributed by atoms with van der Waals surface area (Å²) in [4.78, 5) is 16.5. The number of aromatic hydroxyl groups is 1. The van der Waals surface area contributed by atoms with Crippen LogP contribution in [-0.4, -0.2) is 28.3 Å². The summed E-state index contributed by atoms with van der Waals surface area (Å²) in [5.41, 5.74) is 4.07. The van der Waals surface area contributed by atoms with Gasteiger partial charge in [-0.05, 0) is 36.8 Å². The van der Waals surface area contributed by atoms with E-state index in [2.05, 4.69) is 20.8 Å². The van der Waals surface area contributed by atoms with Gasteiger partial charge in [0.05, 0.1) is 16.4 Å². The first-order chi connectivity index (χ1) is 11.6. The summed E-state index contributed by atoms with van der Waals surface area (Å²) in [7, 11) is 0. The van der Waals surface area contributed by atoms with Gasteiger partial charge in [-0.25, -0.2) is 10.4 Å². The Morgan fingerprint density at radius 1 is 1.29 bits per heavy atom. The summed E-state index contributed by atoms with van der Waals surface area (Å²) in [6.45, 7) is 1.74. The molecule has 122 valence electrons. The molecule has 3 rings (SSSR count). The van der Waals surface area contributed by atoms with Crippen molar-refractivity contribution >= 4 is 38.8 Å². The zero-order valence-corrected chi connectivity index (χ0v) is 13.7. The topological polar surface area (TPSA) is 86.6 Å². The molecule has 0 bridgehead atoms. The van der Waals surface area contributed by atoms with E-state index in [-0.39, 0.29) is 11.7 Å². The molecule has 1 heterocycles. The molecule has 1 amide bonds. The molecule has 1 aromatic heterocycles. The van der Waals surface area contributed by atoms with E-state index in [1.165, 1.54) is 17.6 Å². The molecule has 24 heavy (non-hydrogen) atoms. The highest BCUT2D eigenvalue weighted by Gasteiger charge is 2.14. The summed E-state index contributed by atoms with van der Waals surface area (Å²) in [6, 6.07) is 13.9. The number of hydrazone groups is 1. The molecule has 3 N–H and O–H groups in total. The molecule has 0 saturated carbocycles. The van der Waals surface area contributed by atoms with Gasteiger partial charge < -0.3 is 10.4 Å². The first kappa shape index (κ1) is 15.9. The molecule has 0 aliphatic heterocycles. The van der Waals surface area contributed by atoms with Crippen LogP contribution in [0.15, 0.2) is 53.6 Å². The molecule has 0 fully saturated rings. The molecule has 0 radical (unpaired) electrons. The number of carbonyl (C=O) groups is 1. The summed E-state index contributed by atoms with van der Waals surface area (Å²) in [5.74, 6) is -0.123. The molecule has 0 saturated heterocycles. The van der Waals surface area contributed by atoms with E-state index in [0.29, 0.717) is 10.7 Å². The van der Waals surface area contributed by atoms with Crippen molar-refractivity contribution in [1.29, 1.82) is 0 Å². The van der Waals surface area contributed by atoms with Crippen LogP contribution < -0.4 is 10.7 Å². The van der Waals surface area contributed by atoms with E-state index in [1.807, 2.05) is 24.3 Å². The smallest absolute Gasteiger partial charge is 0.262 e. The number of amides is 1. The van der Waals surface area contributed by atoms with Crippen LogP contribution in [0.2, 0.25) is 0 Å². The lowest BCUT2D eigenvalue weighted by molar-refractivity contribution is -0.121. The van der Waals surface area contributed by atoms with Gasteiger partial charge in [0, 0.05) is 0 Å². The largest absolute Gasteiger partial charge is 0.508 e. The Labute approximate surface area is 142 Å². The van der Waals surface area contributed by atoms with Gasteiger partial charge in [-0.2, -0.15) is 5.10 Å². The predicted molar refractivity (Wildman–Crippen MR) is 96.5 cm³/mol. The average Bonchev–Trinajstić information content (AvgIpc) is 2.97. The molecule has 1 atom stereocenters. The Bertz CT molecular complexity index is 858. The lowest BCUT2D eigenvalue weighted by atomic mass is 10.2. The predicted octanol–water partition coefficient (Wildman–Crippen LogP) is 2.95. The highest BCUT2D eigenvalue weighted by atomic mass is 32.1. The molecule has 3 aromatic rings. The second-order valence-corrected chi connectivity index (χ2v) is 6.21. The van der Waals surface area contributed by atoms with Crippen LogP contribution in [0.3, 0.4) is 0 Å². The van der Waals surface area contributed by atoms with Crippen molar-refractivity contribution in [2.24, 2.45) is 5.10 Å². The van der Waals surface area contributed by atoms with E-state index < -0.39 is 6.04 Å². The maximum atomic E-state index is 12.1. The number of hydrogen-bond donors (Lipinski definition) is 3. The number of anilines is 1. The number of phenolic OH excluding ortho intramolecular Hbond substituents is 1. The molecule has 6 nitrogen and oxygen atoms in total. The zero-order valence-electron chi connectivity index (χ0n) is 12.9. The lowest BCUT2D eigenvalue weighted by Crippen LogP contribution is -2.34. The minimum atomic E-state index is -0.480. The standard InChI is InChI=1S/C17H16N4O2S/c1-11(19-17-20-14-7-2-3-8-15(14)24-17)16(23)21-18-10-12-5-4-6-13(22)9-12/h2-11,22H,1H3,(H,19,20)(H,21,23)/b18-10-/t11-/m0/s1. The monoisotopic (exact) mass is 340 g/mol. The molecule has 0 spiro atoms. The molecule has 0 unspecified atom stereocenters. The summed E-state index contributed by atoms with van der Waals surface area (Å²) in [5, 5.41) is 17.0. The van der Waals surface area contributed by atoms with Gasteiger partial charge in [-0.15, -0.1) is 0 Å². The molecule has 7 heteroatoms. The van der Waals surface area contributed by atoms with Gasteiger partial charge in [0.1, 0.15) is 11.8 Å². The Morgan fingerprint density at radius 3 is 2.92 bits per heavy atom. The van der Waals surface area contributed by atoms with Crippen molar-refractivity contribution in [3.05, 3.63) is 54.1 Å². The van der Waals surface area contributed by atoms with Gasteiger partial charge in [-0.1, -0.05) is 35.6 Å². The minimum absolute atomic E-state index is 0.149. The van der Waals surface area contributed by atoms with Crippen LogP contribution in [0.1, 0.15) is 12.5 Å². The van der Waals surface area contributed by atoms with Crippen LogP contribution in [0.5, 0.6) is 5.75 Å². The summed E-state index contributed by atoms with van der Waals surface area (Å²) < 4.78 is 1.06. The quantitative estimate of drug-likeness (QED) is 0.492. The number of nitrogens with zero attached hydrogens (tertiary/aromatic N) is 2. The second kappa shape index (κ2) is 7.10. The van der Waals surface area contributed by atoms with Crippen molar-refractivity contribution in [2.45, 2.75) is 13.0 Å². The molecule has 2 aromatic carbocycles. The van der Waals surface area contributed by atoms with Crippen molar-refractivity contribution in [1.82, 2.24) is 10.4 Å². The fraction of sp³-hybridized carbons (Fsp3) is 0.118. The van der Waals surface area contributed by atoms with Crippen LogP contribution >= 0.6 is 11.3 Å². The number of fused-ring (bicyclic) bond motifs is 1. The van der Waals surface area contributed by atoms with E-state index in [0.717, 1.165) is 10.2 Å². The fourth-order valence-corrected chi connectivity index (χ4v) is 3.01.